The summed E-state index contributed by atoms with van der Waals surface area (Å²) in [7, 11) is 1.79. The highest BCUT2D eigenvalue weighted by molar-refractivity contribution is 5.66. The second-order valence-corrected chi connectivity index (χ2v) is 14.1. The molecule has 0 aromatic heterocycles. The molecule has 240 valence electrons. The first-order valence-electron chi connectivity index (χ1n) is 16.8. The summed E-state index contributed by atoms with van der Waals surface area (Å²) in [5, 5.41) is 0. The second kappa shape index (κ2) is 14.0. The molecule has 1 aliphatic heterocycles. The van der Waals surface area contributed by atoms with Crippen LogP contribution in [0.2, 0.25) is 0 Å². The first-order chi connectivity index (χ1) is 20.6. The summed E-state index contributed by atoms with van der Waals surface area (Å²) in [6, 6.07) is 0. The Kier molecular flexibility index (Phi) is 10.6. The van der Waals surface area contributed by atoms with E-state index in [4.69, 9.17) is 23.7 Å². The van der Waals surface area contributed by atoms with E-state index in [-0.39, 0.29) is 18.1 Å². The number of carbonyl (C=O) groups is 2. The highest BCUT2D eigenvalue weighted by Gasteiger charge is 2.57. The van der Waals surface area contributed by atoms with Crippen LogP contribution in [-0.2, 0) is 33.3 Å². The van der Waals surface area contributed by atoms with Crippen molar-refractivity contribution in [1.29, 1.82) is 0 Å². The number of hydrogen-bond acceptors (Lipinski definition) is 7. The van der Waals surface area contributed by atoms with Gasteiger partial charge in [-0.15, -0.1) is 0 Å². The van der Waals surface area contributed by atoms with Crippen molar-refractivity contribution in [3.8, 4) is 0 Å². The van der Waals surface area contributed by atoms with Gasteiger partial charge < -0.3 is 23.7 Å². The molecule has 4 aliphatic carbocycles. The Morgan fingerprint density at radius 2 is 1.79 bits per heavy atom. The van der Waals surface area contributed by atoms with Gasteiger partial charge in [-0.2, -0.15) is 0 Å². The lowest BCUT2D eigenvalue weighted by atomic mass is 9.48. The summed E-state index contributed by atoms with van der Waals surface area (Å²) in [5.74, 6) is 1.54. The van der Waals surface area contributed by atoms with Crippen LogP contribution in [0, 0.1) is 28.6 Å². The van der Waals surface area contributed by atoms with Crippen LogP contribution in [-0.4, -0.2) is 56.9 Å². The molecule has 43 heavy (non-hydrogen) atoms. The molecule has 0 saturated heterocycles. The van der Waals surface area contributed by atoms with Gasteiger partial charge >= 0.3 is 11.9 Å². The second-order valence-electron chi connectivity index (χ2n) is 14.1. The van der Waals surface area contributed by atoms with Crippen LogP contribution in [0.15, 0.2) is 35.5 Å². The summed E-state index contributed by atoms with van der Waals surface area (Å²) < 4.78 is 28.4. The quantitative estimate of drug-likeness (QED) is 0.141. The van der Waals surface area contributed by atoms with E-state index in [2.05, 4.69) is 26.0 Å². The summed E-state index contributed by atoms with van der Waals surface area (Å²) in [6.45, 7) is 8.74. The van der Waals surface area contributed by atoms with Crippen LogP contribution in [0.4, 0.5) is 0 Å². The van der Waals surface area contributed by atoms with Gasteiger partial charge in [-0.3, -0.25) is 9.59 Å². The van der Waals surface area contributed by atoms with E-state index < -0.39 is 30.4 Å². The van der Waals surface area contributed by atoms with Gasteiger partial charge in [0.2, 0.25) is 0 Å². The molecule has 7 heteroatoms. The minimum Gasteiger partial charge on any atom is -0.463 e. The predicted octanol–water partition coefficient (Wildman–Crippen LogP) is 7.24. The van der Waals surface area contributed by atoms with Crippen LogP contribution >= 0.6 is 0 Å². The SMILES string of the molecule is COCCCCC/C=C1\CC[C@H]2[C@@H]3CC=C4C[C@@H](OC5C=C[C@H](OC(C)=O)[C@@H](COC(C)=O)O5)CC[C@]4(C)[C@H]3CC[C@]12C. The van der Waals surface area contributed by atoms with Crippen LogP contribution < -0.4 is 0 Å². The maximum absolute atomic E-state index is 11.6. The number of fused-ring (bicyclic) bond motifs is 5. The fourth-order valence-corrected chi connectivity index (χ4v) is 9.30. The van der Waals surface area contributed by atoms with Gasteiger partial charge in [0.25, 0.3) is 0 Å². The van der Waals surface area contributed by atoms with Crippen LogP contribution in [0.1, 0.15) is 105 Å². The van der Waals surface area contributed by atoms with Crippen molar-refractivity contribution in [2.45, 2.75) is 129 Å². The molecule has 9 atom stereocenters. The van der Waals surface area contributed by atoms with Gasteiger partial charge in [0.15, 0.2) is 6.29 Å². The van der Waals surface area contributed by atoms with Crippen molar-refractivity contribution < 1.29 is 33.3 Å². The van der Waals surface area contributed by atoms with Crippen molar-refractivity contribution in [3.05, 3.63) is 35.5 Å². The molecule has 7 nitrogen and oxygen atoms in total. The lowest BCUT2D eigenvalue weighted by Crippen LogP contribution is -2.50. The molecule has 1 heterocycles. The van der Waals surface area contributed by atoms with Crippen molar-refractivity contribution in [3.63, 3.8) is 0 Å². The normalized spacial score (nSPS) is 39.4. The Bertz CT molecular complexity index is 1090. The zero-order valence-corrected chi connectivity index (χ0v) is 27.1. The average Bonchev–Trinajstić information content (AvgIpc) is 3.31. The molecule has 5 rings (SSSR count). The Morgan fingerprint density at radius 3 is 2.56 bits per heavy atom. The van der Waals surface area contributed by atoms with Gasteiger partial charge in [0.1, 0.15) is 18.8 Å². The van der Waals surface area contributed by atoms with Crippen LogP contribution in [0.25, 0.3) is 0 Å². The molecule has 0 aromatic carbocycles. The highest BCUT2D eigenvalue weighted by Crippen LogP contribution is 2.66. The molecule has 0 bridgehead atoms. The Morgan fingerprint density at radius 1 is 1.00 bits per heavy atom. The average molecular weight is 599 g/mol. The van der Waals surface area contributed by atoms with Gasteiger partial charge in [0, 0.05) is 27.6 Å². The number of allylic oxidation sites excluding steroid dienone is 3. The number of hydrogen-bond donors (Lipinski definition) is 0. The zero-order valence-electron chi connectivity index (χ0n) is 27.1. The fourth-order valence-electron chi connectivity index (χ4n) is 9.30. The number of rotatable bonds is 11. The first kappa shape index (κ1) is 32.4. The van der Waals surface area contributed by atoms with Gasteiger partial charge in [-0.1, -0.05) is 43.6 Å². The smallest absolute Gasteiger partial charge is 0.303 e. The molecular formula is C36H54O7. The van der Waals surface area contributed by atoms with Crippen molar-refractivity contribution in [1.82, 2.24) is 0 Å². The molecule has 0 aromatic rings. The van der Waals surface area contributed by atoms with E-state index in [1.807, 2.05) is 6.08 Å². The molecule has 0 spiro atoms. The molecule has 0 amide bonds. The highest BCUT2D eigenvalue weighted by atomic mass is 16.7. The van der Waals surface area contributed by atoms with Crippen molar-refractivity contribution in [2.75, 3.05) is 20.3 Å². The van der Waals surface area contributed by atoms with E-state index in [9.17, 15) is 9.59 Å². The largest absolute Gasteiger partial charge is 0.463 e. The van der Waals surface area contributed by atoms with Gasteiger partial charge in [0.05, 0.1) is 6.10 Å². The summed E-state index contributed by atoms with van der Waals surface area (Å²) >= 11 is 0. The minimum absolute atomic E-state index is 0.0137. The minimum atomic E-state index is -0.604. The molecule has 0 N–H and O–H groups in total. The number of methoxy groups -OCH3 is 1. The standard InChI is InChI=1S/C36H54O7/c1-24(37)40-23-33-32(41-25(2)38)15-16-34(43-33)42-28-17-19-36(4)27(22-28)11-13-29-30-14-12-26(10-8-6-7-9-21-39-5)35(30,3)20-18-31(29)36/h10-11,15-16,28-34H,6-9,12-14,17-23H2,1-5H3/b26-10+/t28-,29-,30-,31-,32-,33+,34?,35+,36-/m0/s1. The van der Waals surface area contributed by atoms with E-state index in [0.29, 0.717) is 5.41 Å². The van der Waals surface area contributed by atoms with Gasteiger partial charge in [-0.25, -0.2) is 0 Å². The van der Waals surface area contributed by atoms with Gasteiger partial charge in [-0.05, 0) is 111 Å². The molecule has 3 fully saturated rings. The Labute approximate surface area is 258 Å². The fraction of sp³-hybridized carbons (Fsp3) is 0.778. The summed E-state index contributed by atoms with van der Waals surface area (Å²) in [6.07, 6.45) is 21.6. The number of ether oxygens (including phenoxy) is 5. The Balaban J connectivity index is 1.20. The van der Waals surface area contributed by atoms with E-state index in [1.165, 1.54) is 71.6 Å². The predicted molar refractivity (Wildman–Crippen MR) is 165 cm³/mol. The topological polar surface area (TPSA) is 80.3 Å². The van der Waals surface area contributed by atoms with E-state index >= 15 is 0 Å². The number of unbranched alkanes of at least 4 members (excludes halogenated alkanes) is 3. The molecule has 5 aliphatic rings. The van der Waals surface area contributed by atoms with Crippen molar-refractivity contribution in [2.24, 2.45) is 28.6 Å². The van der Waals surface area contributed by atoms with E-state index in [0.717, 1.165) is 43.6 Å². The zero-order chi connectivity index (χ0) is 30.6. The summed E-state index contributed by atoms with van der Waals surface area (Å²) in [4.78, 5) is 23.0. The lowest BCUT2D eigenvalue weighted by molar-refractivity contribution is -0.213. The van der Waals surface area contributed by atoms with Crippen LogP contribution in [0.3, 0.4) is 0 Å². The third-order valence-corrected chi connectivity index (χ3v) is 11.6. The first-order valence-corrected chi connectivity index (χ1v) is 16.8. The molecule has 1 unspecified atom stereocenters. The molecular weight excluding hydrogens is 544 g/mol. The van der Waals surface area contributed by atoms with E-state index in [1.54, 1.807) is 24.3 Å². The maximum atomic E-state index is 11.6. The molecule has 0 radical (unpaired) electrons. The third-order valence-electron chi connectivity index (χ3n) is 11.6. The van der Waals surface area contributed by atoms with Crippen LogP contribution in [0.5, 0.6) is 0 Å². The number of esters is 2. The Hall–Kier alpha value is -1.96. The maximum Gasteiger partial charge on any atom is 0.303 e. The monoisotopic (exact) mass is 598 g/mol. The van der Waals surface area contributed by atoms with Crippen molar-refractivity contribution >= 4 is 11.9 Å². The lowest BCUT2D eigenvalue weighted by Gasteiger charge is -2.57. The third kappa shape index (κ3) is 7.15. The summed E-state index contributed by atoms with van der Waals surface area (Å²) in [5.41, 5.74) is 3.96. The number of carbonyl (C=O) groups excluding carboxylic acids is 2. The molecule has 3 saturated carbocycles.